The Morgan fingerprint density at radius 3 is 2.58 bits per heavy atom. The molecule has 0 saturated carbocycles. The molecule has 1 aromatic rings. The van der Waals surface area contributed by atoms with Gasteiger partial charge >= 0.3 is 5.97 Å². The molecule has 10 heteroatoms. The van der Waals surface area contributed by atoms with Gasteiger partial charge in [0.25, 0.3) is 0 Å². The molecule has 1 saturated heterocycles. The van der Waals surface area contributed by atoms with Crippen LogP contribution >= 0.6 is 0 Å². The minimum absolute atomic E-state index is 0.312. The Morgan fingerprint density at radius 1 is 1.31 bits per heavy atom. The van der Waals surface area contributed by atoms with Gasteiger partial charge in [0.1, 0.15) is 31.0 Å². The Kier molecular flexibility index (Phi) is 6.18. The molecule has 7 N–H and O–H groups in total. The molecule has 10 nitrogen and oxygen atoms in total. The van der Waals surface area contributed by atoms with E-state index in [-0.39, 0.29) is 11.5 Å². The summed E-state index contributed by atoms with van der Waals surface area (Å²) in [6.07, 6.45) is -4.29. The number of aromatic hydroxyl groups is 2. The number of hydrogen-bond donors (Lipinski definition) is 7. The monoisotopic (exact) mass is 372 g/mol. The summed E-state index contributed by atoms with van der Waals surface area (Å²) in [4.78, 5) is 11.6. The number of benzene rings is 1. The van der Waals surface area contributed by atoms with E-state index in [0.29, 0.717) is 5.56 Å². The molecule has 1 aromatic carbocycles. The minimum atomic E-state index is -2.42. The van der Waals surface area contributed by atoms with Crippen LogP contribution in [0.4, 0.5) is 0 Å². The minimum Gasteiger partial charge on any atom is -0.504 e. The Balaban J connectivity index is 1.88. The summed E-state index contributed by atoms with van der Waals surface area (Å²) in [6.45, 7) is -1.61. The molecule has 1 aliphatic rings. The van der Waals surface area contributed by atoms with Crippen molar-refractivity contribution in [3.63, 3.8) is 0 Å². The van der Waals surface area contributed by atoms with Gasteiger partial charge in [-0.3, -0.25) is 0 Å². The van der Waals surface area contributed by atoms with Gasteiger partial charge in [0, 0.05) is 6.08 Å². The average molecular weight is 372 g/mol. The maximum Gasteiger partial charge on any atom is 0.330 e. The number of phenolic OH excluding ortho intramolecular Hbond substituents is 2. The van der Waals surface area contributed by atoms with Crippen molar-refractivity contribution in [3.8, 4) is 11.5 Å². The number of hydrogen-bond acceptors (Lipinski definition) is 10. The number of carbonyl (C=O) groups is 1. The lowest BCUT2D eigenvalue weighted by molar-refractivity contribution is -0.254. The van der Waals surface area contributed by atoms with Crippen LogP contribution in [0.5, 0.6) is 11.5 Å². The van der Waals surface area contributed by atoms with Gasteiger partial charge in [0.2, 0.25) is 5.79 Å². The van der Waals surface area contributed by atoms with Crippen LogP contribution in [0.15, 0.2) is 24.3 Å². The fraction of sp³-hybridized carbons (Fsp3) is 0.438. The fourth-order valence-corrected chi connectivity index (χ4v) is 2.38. The van der Waals surface area contributed by atoms with Crippen molar-refractivity contribution < 1.29 is 50.0 Å². The highest BCUT2D eigenvalue weighted by Gasteiger charge is 2.55. The van der Waals surface area contributed by atoms with Crippen molar-refractivity contribution in [2.75, 3.05) is 13.2 Å². The molecule has 0 unspecified atom stereocenters. The molecule has 1 heterocycles. The molecular formula is C16H20O10. The molecule has 1 aliphatic heterocycles. The van der Waals surface area contributed by atoms with Gasteiger partial charge < -0.3 is 45.2 Å². The SMILES string of the molecule is O=C(/C=C/c1ccc(O)c(O)c1)OC[C@@H](O)[C@H]1O[C@](O)(CO)[C@@H](O)[C@@H]1O. The van der Waals surface area contributed by atoms with Crippen LogP contribution in [-0.2, 0) is 14.3 Å². The number of aliphatic hydroxyl groups excluding tert-OH is 4. The molecule has 0 aromatic heterocycles. The van der Waals surface area contributed by atoms with Gasteiger partial charge in [-0.05, 0) is 23.8 Å². The summed E-state index contributed by atoms with van der Waals surface area (Å²) >= 11 is 0. The quantitative estimate of drug-likeness (QED) is 0.165. The van der Waals surface area contributed by atoms with Crippen LogP contribution in [-0.4, -0.2) is 85.1 Å². The molecule has 1 fully saturated rings. The summed E-state index contributed by atoms with van der Waals surface area (Å²) in [5.74, 6) is -3.95. The lowest BCUT2D eigenvalue weighted by atomic mass is 10.0. The van der Waals surface area contributed by atoms with Crippen LogP contribution in [0.25, 0.3) is 6.08 Å². The van der Waals surface area contributed by atoms with E-state index in [9.17, 15) is 35.4 Å². The maximum atomic E-state index is 11.6. The lowest BCUT2D eigenvalue weighted by Gasteiger charge is -2.23. The van der Waals surface area contributed by atoms with Gasteiger partial charge in [-0.2, -0.15) is 0 Å². The number of esters is 1. The Labute approximate surface area is 147 Å². The summed E-state index contributed by atoms with van der Waals surface area (Å²) in [6, 6.07) is 3.89. The lowest BCUT2D eigenvalue weighted by Crippen LogP contribution is -2.46. The molecule has 0 aliphatic carbocycles. The predicted molar refractivity (Wildman–Crippen MR) is 84.7 cm³/mol. The van der Waals surface area contributed by atoms with Gasteiger partial charge in [-0.25, -0.2) is 4.79 Å². The van der Waals surface area contributed by atoms with E-state index < -0.39 is 49.4 Å². The first-order chi connectivity index (χ1) is 12.2. The van der Waals surface area contributed by atoms with E-state index in [2.05, 4.69) is 0 Å². The summed E-state index contributed by atoms with van der Waals surface area (Å²) in [5, 5.41) is 66.5. The van der Waals surface area contributed by atoms with Crippen molar-refractivity contribution in [2.24, 2.45) is 0 Å². The molecule has 0 radical (unpaired) electrons. The van der Waals surface area contributed by atoms with Gasteiger partial charge in [0.15, 0.2) is 11.5 Å². The topological polar surface area (TPSA) is 177 Å². The highest BCUT2D eigenvalue weighted by molar-refractivity contribution is 5.87. The van der Waals surface area contributed by atoms with Crippen molar-refractivity contribution >= 4 is 12.0 Å². The van der Waals surface area contributed by atoms with Crippen molar-refractivity contribution in [1.82, 2.24) is 0 Å². The van der Waals surface area contributed by atoms with Gasteiger partial charge in [0.05, 0.1) is 6.61 Å². The second-order valence-electron chi connectivity index (χ2n) is 5.80. The molecule has 2 rings (SSSR count). The summed E-state index contributed by atoms with van der Waals surface area (Å²) in [7, 11) is 0. The number of carbonyl (C=O) groups excluding carboxylic acids is 1. The predicted octanol–water partition coefficient (Wildman–Crippen LogP) is -2.18. The molecule has 144 valence electrons. The third-order valence-corrected chi connectivity index (χ3v) is 3.88. The van der Waals surface area contributed by atoms with Crippen LogP contribution in [0.1, 0.15) is 5.56 Å². The molecule has 26 heavy (non-hydrogen) atoms. The van der Waals surface area contributed by atoms with Crippen molar-refractivity contribution in [1.29, 1.82) is 0 Å². The average Bonchev–Trinajstić information content (AvgIpc) is 2.85. The van der Waals surface area contributed by atoms with E-state index in [0.717, 1.165) is 6.08 Å². The number of ether oxygens (including phenoxy) is 2. The van der Waals surface area contributed by atoms with Gasteiger partial charge in [-0.15, -0.1) is 0 Å². The fourth-order valence-electron chi connectivity index (χ4n) is 2.38. The third kappa shape index (κ3) is 4.30. The Bertz CT molecular complexity index is 675. The van der Waals surface area contributed by atoms with E-state index >= 15 is 0 Å². The number of rotatable bonds is 6. The summed E-state index contributed by atoms with van der Waals surface area (Å²) in [5.41, 5.74) is 0.406. The third-order valence-electron chi connectivity index (χ3n) is 3.88. The van der Waals surface area contributed by atoms with E-state index in [1.54, 1.807) is 0 Å². The van der Waals surface area contributed by atoms with Gasteiger partial charge in [-0.1, -0.05) is 6.07 Å². The first kappa shape index (κ1) is 20.1. The standard InChI is InChI=1S/C16H20O10/c17-7-16(24)15(23)13(22)14(26-16)11(20)6-25-12(21)4-2-8-1-3-9(18)10(19)5-8/h1-5,11,13-15,17-20,22-24H,6-7H2/b4-2+/t11-,13-,14-,15+,16-/m1/s1. The van der Waals surface area contributed by atoms with Crippen LogP contribution in [0, 0.1) is 0 Å². The molecular weight excluding hydrogens is 352 g/mol. The Hall–Kier alpha value is -2.21. The number of phenols is 2. The Morgan fingerprint density at radius 2 is 2.00 bits per heavy atom. The molecule has 0 spiro atoms. The number of aliphatic hydroxyl groups is 5. The molecule has 5 atom stereocenters. The van der Waals surface area contributed by atoms with E-state index in [4.69, 9.17) is 14.6 Å². The normalized spacial score (nSPS) is 29.8. The van der Waals surface area contributed by atoms with Crippen LogP contribution in [0.3, 0.4) is 0 Å². The van der Waals surface area contributed by atoms with Crippen molar-refractivity contribution in [3.05, 3.63) is 29.8 Å². The second kappa shape index (κ2) is 7.99. The summed E-state index contributed by atoms with van der Waals surface area (Å²) < 4.78 is 9.64. The highest BCUT2D eigenvalue weighted by atomic mass is 16.7. The maximum absolute atomic E-state index is 11.6. The highest BCUT2D eigenvalue weighted by Crippen LogP contribution is 2.30. The zero-order valence-corrected chi connectivity index (χ0v) is 13.5. The molecule has 0 bridgehead atoms. The zero-order valence-electron chi connectivity index (χ0n) is 13.5. The smallest absolute Gasteiger partial charge is 0.330 e. The second-order valence-corrected chi connectivity index (χ2v) is 5.80. The zero-order chi connectivity index (χ0) is 19.5. The first-order valence-electron chi connectivity index (χ1n) is 7.60. The largest absolute Gasteiger partial charge is 0.504 e. The van der Waals surface area contributed by atoms with E-state index in [1.165, 1.54) is 24.3 Å². The first-order valence-corrected chi connectivity index (χ1v) is 7.60. The molecule has 0 amide bonds. The van der Waals surface area contributed by atoms with Crippen LogP contribution in [0.2, 0.25) is 0 Å². The van der Waals surface area contributed by atoms with Crippen molar-refractivity contribution in [2.45, 2.75) is 30.2 Å². The van der Waals surface area contributed by atoms with Crippen LogP contribution < -0.4 is 0 Å². The van der Waals surface area contributed by atoms with E-state index in [1.807, 2.05) is 0 Å².